The molecule has 1 atom stereocenters. The highest BCUT2D eigenvalue weighted by atomic mass is 19.1. The van der Waals surface area contributed by atoms with Gasteiger partial charge in [0.05, 0.1) is 11.0 Å². The van der Waals surface area contributed by atoms with Gasteiger partial charge in [0.2, 0.25) is 5.91 Å². The highest BCUT2D eigenvalue weighted by molar-refractivity contribution is 5.95. The van der Waals surface area contributed by atoms with Crippen LogP contribution in [0.3, 0.4) is 0 Å². The molecule has 0 aliphatic carbocycles. The minimum Gasteiger partial charge on any atom is -0.326 e. The smallest absolute Gasteiger partial charge is 0.231 e. The fourth-order valence-corrected chi connectivity index (χ4v) is 2.70. The summed E-state index contributed by atoms with van der Waals surface area (Å²) < 4.78 is 13.3. The molecule has 2 rings (SSSR count). The van der Waals surface area contributed by atoms with Gasteiger partial charge in [0.15, 0.2) is 0 Å². The molecule has 1 aromatic carbocycles. The van der Waals surface area contributed by atoms with E-state index in [-0.39, 0.29) is 11.5 Å². The molecule has 1 unspecified atom stereocenters. The van der Waals surface area contributed by atoms with Crippen molar-refractivity contribution in [3.8, 4) is 6.07 Å². The zero-order valence-corrected chi connectivity index (χ0v) is 11.5. The van der Waals surface area contributed by atoms with Crippen LogP contribution in [0.4, 0.5) is 10.1 Å². The molecule has 4 nitrogen and oxygen atoms in total. The highest BCUT2D eigenvalue weighted by Crippen LogP contribution is 2.32. The SMILES string of the molecule is CCCC1(C(=O)Nc2ccc(F)c(C#N)c2)CCNC1. The van der Waals surface area contributed by atoms with Crippen molar-refractivity contribution in [1.29, 1.82) is 5.26 Å². The van der Waals surface area contributed by atoms with E-state index < -0.39 is 11.2 Å². The second kappa shape index (κ2) is 6.02. The topological polar surface area (TPSA) is 64.9 Å². The molecule has 0 bridgehead atoms. The van der Waals surface area contributed by atoms with Crippen LogP contribution in [-0.4, -0.2) is 19.0 Å². The van der Waals surface area contributed by atoms with Gasteiger partial charge in [-0.25, -0.2) is 4.39 Å². The summed E-state index contributed by atoms with van der Waals surface area (Å²) in [6, 6.07) is 5.83. The Labute approximate surface area is 118 Å². The van der Waals surface area contributed by atoms with Crippen LogP contribution in [-0.2, 0) is 4.79 Å². The van der Waals surface area contributed by atoms with Crippen molar-refractivity contribution in [2.75, 3.05) is 18.4 Å². The van der Waals surface area contributed by atoms with Crippen LogP contribution in [0.5, 0.6) is 0 Å². The number of nitrogens with one attached hydrogen (secondary N) is 2. The number of anilines is 1. The van der Waals surface area contributed by atoms with Crippen molar-refractivity contribution in [1.82, 2.24) is 5.32 Å². The Kier molecular flexibility index (Phi) is 4.35. The lowest BCUT2D eigenvalue weighted by molar-refractivity contribution is -0.125. The summed E-state index contributed by atoms with van der Waals surface area (Å²) >= 11 is 0. The monoisotopic (exact) mass is 275 g/mol. The summed E-state index contributed by atoms with van der Waals surface area (Å²) in [7, 11) is 0. The van der Waals surface area contributed by atoms with Crippen LogP contribution in [0.15, 0.2) is 18.2 Å². The molecule has 1 heterocycles. The minimum atomic E-state index is -0.573. The highest BCUT2D eigenvalue weighted by Gasteiger charge is 2.40. The van der Waals surface area contributed by atoms with E-state index in [1.807, 2.05) is 0 Å². The number of hydrogen-bond acceptors (Lipinski definition) is 3. The Bertz CT molecular complexity index is 545. The summed E-state index contributed by atoms with van der Waals surface area (Å²) in [4.78, 5) is 12.5. The molecule has 1 aliphatic rings. The summed E-state index contributed by atoms with van der Waals surface area (Å²) in [5.74, 6) is -0.629. The van der Waals surface area contributed by atoms with E-state index in [4.69, 9.17) is 5.26 Å². The van der Waals surface area contributed by atoms with Gasteiger partial charge in [-0.3, -0.25) is 4.79 Å². The molecule has 106 valence electrons. The summed E-state index contributed by atoms with van der Waals surface area (Å²) in [5.41, 5.74) is 0.0165. The van der Waals surface area contributed by atoms with Gasteiger partial charge in [0.1, 0.15) is 11.9 Å². The molecule has 1 saturated heterocycles. The fourth-order valence-electron chi connectivity index (χ4n) is 2.70. The number of nitrogens with zero attached hydrogens (tertiary/aromatic N) is 1. The number of carbonyl (C=O) groups excluding carboxylic acids is 1. The van der Waals surface area contributed by atoms with Crippen LogP contribution < -0.4 is 10.6 Å². The first-order chi connectivity index (χ1) is 9.61. The van der Waals surface area contributed by atoms with Gasteiger partial charge in [-0.15, -0.1) is 0 Å². The van der Waals surface area contributed by atoms with Crippen molar-refractivity contribution < 1.29 is 9.18 Å². The van der Waals surface area contributed by atoms with E-state index in [1.165, 1.54) is 18.2 Å². The predicted molar refractivity (Wildman–Crippen MR) is 74.6 cm³/mol. The van der Waals surface area contributed by atoms with E-state index >= 15 is 0 Å². The molecule has 1 aliphatic heterocycles. The average Bonchev–Trinajstić information content (AvgIpc) is 2.91. The molecule has 0 aromatic heterocycles. The van der Waals surface area contributed by atoms with Crippen molar-refractivity contribution >= 4 is 11.6 Å². The molecule has 1 aromatic rings. The number of halogens is 1. The van der Waals surface area contributed by atoms with Crippen molar-refractivity contribution in [3.05, 3.63) is 29.6 Å². The van der Waals surface area contributed by atoms with Crippen molar-refractivity contribution in [3.63, 3.8) is 0 Å². The van der Waals surface area contributed by atoms with Gasteiger partial charge in [-0.05, 0) is 37.6 Å². The second-order valence-corrected chi connectivity index (χ2v) is 5.22. The summed E-state index contributed by atoms with van der Waals surface area (Å²) in [5, 5.41) is 14.8. The third kappa shape index (κ3) is 2.81. The van der Waals surface area contributed by atoms with Gasteiger partial charge >= 0.3 is 0 Å². The molecular formula is C15H18FN3O. The average molecular weight is 275 g/mol. The molecule has 0 saturated carbocycles. The van der Waals surface area contributed by atoms with Crippen molar-refractivity contribution in [2.45, 2.75) is 26.2 Å². The van der Waals surface area contributed by atoms with Gasteiger partial charge in [0.25, 0.3) is 0 Å². The Balaban J connectivity index is 2.16. The lowest BCUT2D eigenvalue weighted by Gasteiger charge is -2.26. The van der Waals surface area contributed by atoms with E-state index in [0.29, 0.717) is 12.2 Å². The summed E-state index contributed by atoms with van der Waals surface area (Å²) in [6.07, 6.45) is 2.55. The number of amides is 1. The van der Waals surface area contributed by atoms with Gasteiger partial charge in [-0.1, -0.05) is 13.3 Å². The van der Waals surface area contributed by atoms with Crippen molar-refractivity contribution in [2.24, 2.45) is 5.41 Å². The second-order valence-electron chi connectivity index (χ2n) is 5.22. The Morgan fingerprint density at radius 3 is 3.00 bits per heavy atom. The quantitative estimate of drug-likeness (QED) is 0.887. The largest absolute Gasteiger partial charge is 0.326 e. The molecule has 20 heavy (non-hydrogen) atoms. The maximum atomic E-state index is 13.3. The standard InChI is InChI=1S/C15H18FN3O/c1-2-5-15(6-7-18-10-15)14(20)19-12-3-4-13(16)11(8-12)9-17/h3-4,8,18H,2,5-7,10H2,1H3,(H,19,20). The number of hydrogen-bond donors (Lipinski definition) is 2. The van der Waals surface area contributed by atoms with Crippen LogP contribution >= 0.6 is 0 Å². The van der Waals surface area contributed by atoms with Gasteiger partial charge < -0.3 is 10.6 Å². The zero-order chi connectivity index (χ0) is 14.6. The molecule has 0 spiro atoms. The Hall–Kier alpha value is -1.93. The molecular weight excluding hydrogens is 257 g/mol. The first-order valence-electron chi connectivity index (χ1n) is 6.83. The normalized spacial score (nSPS) is 21.4. The summed E-state index contributed by atoms with van der Waals surface area (Å²) in [6.45, 7) is 3.55. The van der Waals surface area contributed by atoms with Crippen LogP contribution in [0.25, 0.3) is 0 Å². The van der Waals surface area contributed by atoms with Crippen LogP contribution in [0.1, 0.15) is 31.7 Å². The van der Waals surface area contributed by atoms with Crippen LogP contribution in [0, 0.1) is 22.6 Å². The maximum Gasteiger partial charge on any atom is 0.231 e. The third-order valence-electron chi connectivity index (χ3n) is 3.80. The predicted octanol–water partition coefficient (Wildman–Crippen LogP) is 2.42. The molecule has 2 N–H and O–H groups in total. The van der Waals surface area contributed by atoms with Gasteiger partial charge in [-0.2, -0.15) is 5.26 Å². The third-order valence-corrected chi connectivity index (χ3v) is 3.80. The maximum absolute atomic E-state index is 13.3. The fraction of sp³-hybridized carbons (Fsp3) is 0.467. The minimum absolute atomic E-state index is 0.0557. The molecule has 1 amide bonds. The molecule has 1 fully saturated rings. The van der Waals surface area contributed by atoms with E-state index in [0.717, 1.165) is 25.8 Å². The first kappa shape index (κ1) is 14.5. The lowest BCUT2D eigenvalue weighted by Crippen LogP contribution is -2.38. The lowest BCUT2D eigenvalue weighted by atomic mass is 9.81. The number of carbonyl (C=O) groups is 1. The van der Waals surface area contributed by atoms with E-state index in [2.05, 4.69) is 17.6 Å². The van der Waals surface area contributed by atoms with E-state index in [1.54, 1.807) is 6.07 Å². The number of benzene rings is 1. The number of nitriles is 1. The van der Waals surface area contributed by atoms with E-state index in [9.17, 15) is 9.18 Å². The first-order valence-corrected chi connectivity index (χ1v) is 6.83. The van der Waals surface area contributed by atoms with Crippen LogP contribution in [0.2, 0.25) is 0 Å². The zero-order valence-electron chi connectivity index (χ0n) is 11.5. The van der Waals surface area contributed by atoms with Gasteiger partial charge in [0, 0.05) is 12.2 Å². The molecule has 5 heteroatoms. The Morgan fingerprint density at radius 2 is 2.40 bits per heavy atom. The molecule has 0 radical (unpaired) electrons. The number of rotatable bonds is 4. The Morgan fingerprint density at radius 1 is 1.60 bits per heavy atom.